The second kappa shape index (κ2) is 5.20. The van der Waals surface area contributed by atoms with Crippen molar-refractivity contribution in [2.75, 3.05) is 7.11 Å². The molecule has 2 unspecified atom stereocenters. The summed E-state index contributed by atoms with van der Waals surface area (Å²) < 4.78 is 20.1. The first-order chi connectivity index (χ1) is 9.36. The third-order valence-corrected chi connectivity index (χ3v) is 3.63. The van der Waals surface area contributed by atoms with Crippen LogP contribution in [0.1, 0.15) is 0 Å². The van der Waals surface area contributed by atoms with Crippen LogP contribution < -0.4 is 0 Å². The number of halogens is 3. The van der Waals surface area contributed by atoms with Crippen molar-refractivity contribution in [2.45, 2.75) is 40.7 Å². The molecule has 0 aliphatic carbocycles. The molecular weight excluding hydrogens is 338 g/mol. The van der Waals surface area contributed by atoms with Gasteiger partial charge in [-0.3, -0.25) is 0 Å². The standard InChI is InChI=1S/C10H11Cl3O7/c1-15-6-5-7(17-8(16-5)10(11,12)13)18-9(6)3-2-4(14)19-20-9/h2-8,14H,1H3/t4?,5-,6-,7+,8?,9+/m1/s1. The lowest BCUT2D eigenvalue weighted by Gasteiger charge is -2.34. The SMILES string of the molecule is CO[C@@H]1[C@H]2OC(C(Cl)(Cl)Cl)O[C@H]2O[C@]12C=CC(O)OO2. The van der Waals surface area contributed by atoms with Gasteiger partial charge in [0.15, 0.2) is 6.29 Å². The van der Waals surface area contributed by atoms with Gasteiger partial charge in [0.05, 0.1) is 0 Å². The van der Waals surface area contributed by atoms with Crippen LogP contribution in [0, 0.1) is 0 Å². The quantitative estimate of drug-likeness (QED) is 0.430. The first kappa shape index (κ1) is 15.2. The van der Waals surface area contributed by atoms with Crippen molar-refractivity contribution in [3.05, 3.63) is 12.2 Å². The van der Waals surface area contributed by atoms with Gasteiger partial charge in [-0.1, -0.05) is 34.8 Å². The molecule has 10 heteroatoms. The minimum Gasteiger partial charge on any atom is -0.372 e. The Bertz CT molecular complexity index is 414. The number of methoxy groups -OCH3 is 1. The largest absolute Gasteiger partial charge is 0.372 e. The zero-order chi connectivity index (χ0) is 14.5. The van der Waals surface area contributed by atoms with Gasteiger partial charge in [0, 0.05) is 7.11 Å². The highest BCUT2D eigenvalue weighted by Crippen LogP contribution is 2.47. The maximum atomic E-state index is 9.22. The van der Waals surface area contributed by atoms with E-state index in [0.29, 0.717) is 0 Å². The summed E-state index contributed by atoms with van der Waals surface area (Å²) in [6.07, 6.45) is -1.72. The summed E-state index contributed by atoms with van der Waals surface area (Å²) in [5.74, 6) is -1.39. The Labute approximate surface area is 129 Å². The number of ether oxygens (including phenoxy) is 4. The van der Waals surface area contributed by atoms with Gasteiger partial charge in [-0.15, -0.1) is 0 Å². The van der Waals surface area contributed by atoms with E-state index in [1.54, 1.807) is 0 Å². The monoisotopic (exact) mass is 348 g/mol. The van der Waals surface area contributed by atoms with Crippen LogP contribution >= 0.6 is 34.8 Å². The summed E-state index contributed by atoms with van der Waals surface area (Å²) in [5, 5.41) is 9.22. The van der Waals surface area contributed by atoms with Gasteiger partial charge in [0.1, 0.15) is 12.2 Å². The Morgan fingerprint density at radius 3 is 2.60 bits per heavy atom. The molecule has 2 fully saturated rings. The highest BCUT2D eigenvalue weighted by molar-refractivity contribution is 6.67. The Balaban J connectivity index is 1.80. The van der Waals surface area contributed by atoms with Crippen LogP contribution in [0.5, 0.6) is 0 Å². The molecule has 0 aromatic heterocycles. The molecule has 0 saturated carbocycles. The fraction of sp³-hybridized carbons (Fsp3) is 0.800. The molecule has 0 bridgehead atoms. The summed E-state index contributed by atoms with van der Waals surface area (Å²) in [5.41, 5.74) is 0. The summed E-state index contributed by atoms with van der Waals surface area (Å²) in [6.45, 7) is 0. The van der Waals surface area contributed by atoms with Crippen molar-refractivity contribution in [1.82, 2.24) is 0 Å². The average molecular weight is 350 g/mol. The Kier molecular flexibility index (Phi) is 3.96. The molecule has 114 valence electrons. The number of hydrogen-bond donors (Lipinski definition) is 1. The van der Waals surface area contributed by atoms with Gasteiger partial charge in [-0.2, -0.15) is 9.78 Å². The molecular formula is C10H11Cl3O7. The minimum atomic E-state index is -1.75. The van der Waals surface area contributed by atoms with E-state index in [0.717, 1.165) is 0 Å². The molecule has 3 heterocycles. The van der Waals surface area contributed by atoms with E-state index in [4.69, 9.17) is 58.6 Å². The third kappa shape index (κ3) is 2.46. The molecule has 7 nitrogen and oxygen atoms in total. The number of aliphatic hydroxyl groups is 1. The summed E-state index contributed by atoms with van der Waals surface area (Å²) in [4.78, 5) is 9.74. The number of alkyl halides is 3. The van der Waals surface area contributed by atoms with Crippen LogP contribution in [0.25, 0.3) is 0 Å². The van der Waals surface area contributed by atoms with Crippen molar-refractivity contribution in [3.63, 3.8) is 0 Å². The molecule has 6 atom stereocenters. The van der Waals surface area contributed by atoms with Crippen molar-refractivity contribution < 1.29 is 33.8 Å². The molecule has 0 aromatic rings. The number of fused-ring (bicyclic) bond motifs is 1. The topological polar surface area (TPSA) is 75.6 Å². The summed E-state index contributed by atoms with van der Waals surface area (Å²) >= 11 is 17.2. The first-order valence-corrected chi connectivity index (χ1v) is 6.79. The smallest absolute Gasteiger partial charge is 0.252 e. The predicted molar refractivity (Wildman–Crippen MR) is 65.8 cm³/mol. The van der Waals surface area contributed by atoms with Crippen LogP contribution in [0.4, 0.5) is 0 Å². The second-order valence-electron chi connectivity index (χ2n) is 4.40. The lowest BCUT2D eigenvalue weighted by Crippen LogP contribution is -2.49. The van der Waals surface area contributed by atoms with E-state index in [9.17, 15) is 5.11 Å². The van der Waals surface area contributed by atoms with Crippen LogP contribution in [-0.2, 0) is 28.7 Å². The van der Waals surface area contributed by atoms with E-state index in [2.05, 4.69) is 4.89 Å². The van der Waals surface area contributed by atoms with E-state index in [-0.39, 0.29) is 0 Å². The normalized spacial score (nSPS) is 48.0. The van der Waals surface area contributed by atoms with Gasteiger partial charge in [-0.05, 0) is 12.2 Å². The van der Waals surface area contributed by atoms with Crippen LogP contribution in [0.3, 0.4) is 0 Å². The maximum absolute atomic E-state index is 9.22. The van der Waals surface area contributed by atoms with Gasteiger partial charge in [0.25, 0.3) is 5.79 Å². The van der Waals surface area contributed by atoms with Crippen molar-refractivity contribution in [3.8, 4) is 0 Å². The molecule has 3 rings (SSSR count). The van der Waals surface area contributed by atoms with Gasteiger partial charge in [-0.25, -0.2) is 0 Å². The first-order valence-electron chi connectivity index (χ1n) is 5.66. The molecule has 2 saturated heterocycles. The van der Waals surface area contributed by atoms with Crippen molar-refractivity contribution in [2.24, 2.45) is 0 Å². The van der Waals surface area contributed by atoms with E-state index >= 15 is 0 Å². The molecule has 1 spiro atoms. The van der Waals surface area contributed by atoms with Gasteiger partial charge < -0.3 is 24.1 Å². The predicted octanol–water partition coefficient (Wildman–Crippen LogP) is 1.00. The maximum Gasteiger partial charge on any atom is 0.252 e. The molecule has 1 N–H and O–H groups in total. The number of hydrogen-bond acceptors (Lipinski definition) is 7. The minimum absolute atomic E-state index is 0.677. The number of aliphatic hydroxyl groups excluding tert-OH is 1. The van der Waals surface area contributed by atoms with E-state index in [1.807, 2.05) is 0 Å². The summed E-state index contributed by atoms with van der Waals surface area (Å²) in [6, 6.07) is 0. The Hall–Kier alpha value is 0.330. The highest BCUT2D eigenvalue weighted by atomic mass is 35.6. The van der Waals surface area contributed by atoms with Crippen LogP contribution in [0.15, 0.2) is 12.2 Å². The van der Waals surface area contributed by atoms with Crippen molar-refractivity contribution in [1.29, 1.82) is 0 Å². The van der Waals surface area contributed by atoms with Gasteiger partial charge >= 0.3 is 0 Å². The lowest BCUT2D eigenvalue weighted by atomic mass is 10.1. The van der Waals surface area contributed by atoms with E-state index in [1.165, 1.54) is 19.3 Å². The lowest BCUT2D eigenvalue weighted by molar-refractivity contribution is -0.469. The molecule has 3 aliphatic rings. The zero-order valence-electron chi connectivity index (χ0n) is 10.1. The Morgan fingerprint density at radius 1 is 1.30 bits per heavy atom. The number of rotatable bonds is 1. The molecule has 0 amide bonds. The second-order valence-corrected chi connectivity index (χ2v) is 6.77. The fourth-order valence-corrected chi connectivity index (χ4v) is 2.59. The molecule has 0 radical (unpaired) electrons. The van der Waals surface area contributed by atoms with Crippen molar-refractivity contribution >= 4 is 34.8 Å². The zero-order valence-corrected chi connectivity index (χ0v) is 12.3. The third-order valence-electron chi connectivity index (χ3n) is 3.09. The average Bonchev–Trinajstić information content (AvgIpc) is 2.87. The van der Waals surface area contributed by atoms with Gasteiger partial charge in [0.2, 0.25) is 16.4 Å². The Morgan fingerprint density at radius 2 is 2.05 bits per heavy atom. The van der Waals surface area contributed by atoms with E-state index < -0.39 is 40.7 Å². The highest BCUT2D eigenvalue weighted by Gasteiger charge is 2.64. The molecule has 3 aliphatic heterocycles. The van der Waals surface area contributed by atoms with Crippen LogP contribution in [0.2, 0.25) is 0 Å². The molecule has 20 heavy (non-hydrogen) atoms. The molecule has 0 aromatic carbocycles. The summed E-state index contributed by atoms with van der Waals surface area (Å²) in [7, 11) is 1.44. The fourth-order valence-electron chi connectivity index (χ4n) is 2.28. The van der Waals surface area contributed by atoms with Crippen LogP contribution in [-0.4, -0.2) is 52.9 Å².